The maximum atomic E-state index is 14.2. The number of halogens is 9. The van der Waals surface area contributed by atoms with Gasteiger partial charge in [0.15, 0.2) is 0 Å². The van der Waals surface area contributed by atoms with Gasteiger partial charge < -0.3 is 15.4 Å². The Bertz CT molecular complexity index is 2290. The molecule has 57 heavy (non-hydrogen) atoms. The molecule has 0 saturated heterocycles. The number of alkyl halides is 6. The van der Waals surface area contributed by atoms with Crippen molar-refractivity contribution in [3.8, 4) is 5.75 Å². The summed E-state index contributed by atoms with van der Waals surface area (Å²) in [6, 6.07) is 18.6. The van der Waals surface area contributed by atoms with Crippen LogP contribution in [0.4, 0.5) is 62.3 Å². The minimum atomic E-state index is -5.25. The summed E-state index contributed by atoms with van der Waals surface area (Å²) in [5.41, 5.74) is -5.59. The summed E-state index contributed by atoms with van der Waals surface area (Å²) in [6.07, 6.45) is -10.3. The average molecular weight is 807 g/mol. The zero-order chi connectivity index (χ0) is 42.2. The number of hydrogen-bond donors (Lipinski definition) is 2. The lowest BCUT2D eigenvalue weighted by Crippen LogP contribution is -2.39. The van der Waals surface area contributed by atoms with Crippen molar-refractivity contribution in [3.63, 3.8) is 0 Å². The maximum absolute atomic E-state index is 14.2. The molecule has 0 atom stereocenters. The Balaban J connectivity index is 0.000000261. The van der Waals surface area contributed by atoms with E-state index in [1.54, 1.807) is 5.32 Å². The number of nitro benzene ring substituents is 1. The fraction of sp³-hybridized carbons (Fsp3) is 0.0811. The van der Waals surface area contributed by atoms with Crippen molar-refractivity contribution in [2.75, 3.05) is 22.6 Å². The van der Waals surface area contributed by atoms with Crippen LogP contribution in [0.1, 0.15) is 36.6 Å². The molecule has 5 aromatic carbocycles. The van der Waals surface area contributed by atoms with E-state index >= 15 is 0 Å². The highest BCUT2D eigenvalue weighted by Crippen LogP contribution is 2.40. The number of nitrogens with one attached hydrogen (secondary N) is 2. The number of imide groups is 1. The van der Waals surface area contributed by atoms with Gasteiger partial charge in [-0.3, -0.25) is 29.3 Å². The molecule has 0 radical (unpaired) electrons. The summed E-state index contributed by atoms with van der Waals surface area (Å²) in [5.74, 6) is -9.05. The minimum absolute atomic E-state index is 0.0522. The van der Waals surface area contributed by atoms with E-state index in [-0.39, 0.29) is 33.7 Å². The summed E-state index contributed by atoms with van der Waals surface area (Å²) in [4.78, 5) is 58.9. The summed E-state index contributed by atoms with van der Waals surface area (Å²) in [6.45, 7) is 0. The van der Waals surface area contributed by atoms with E-state index in [1.807, 2.05) is 0 Å². The largest absolute Gasteiger partial charge is 0.494 e. The van der Waals surface area contributed by atoms with E-state index in [2.05, 4.69) is 5.32 Å². The van der Waals surface area contributed by atoms with Crippen LogP contribution in [0.25, 0.3) is 0 Å². The van der Waals surface area contributed by atoms with E-state index in [0.717, 1.165) is 36.4 Å². The minimum Gasteiger partial charge on any atom is -0.494 e. The number of methoxy groups -OCH3 is 1. The molecule has 0 heterocycles. The van der Waals surface area contributed by atoms with Gasteiger partial charge in [-0.2, -0.15) is 26.3 Å². The van der Waals surface area contributed by atoms with E-state index in [9.17, 15) is 68.8 Å². The van der Waals surface area contributed by atoms with Crippen molar-refractivity contribution in [2.24, 2.45) is 0 Å². The number of hydrogen-bond acceptors (Lipinski definition) is 7. The fourth-order valence-corrected chi connectivity index (χ4v) is 4.79. The Morgan fingerprint density at radius 2 is 1.16 bits per heavy atom. The Morgan fingerprint density at radius 1 is 0.667 bits per heavy atom. The standard InChI is InChI=1S/C21H11F5N2O4.C16H12F4N2O3/c22-16-7-3-1-5-13(16)19(29)27(20(30)14-6-2-4-8-17(14)23)18-10-9-12(28(31)32)11-15(18)21(24,25)26;1-25-13-8-9(6-7-12(13)22-15(24)16(18,19)20)21-14(23)10-4-2-3-5-11(10)17/h1-11H;2-8H,1H3,(H,21,23)(H,22,24). The van der Waals surface area contributed by atoms with Crippen LogP contribution in [0.2, 0.25) is 0 Å². The van der Waals surface area contributed by atoms with E-state index in [0.29, 0.717) is 12.1 Å². The van der Waals surface area contributed by atoms with Crippen LogP contribution in [0, 0.1) is 27.6 Å². The lowest BCUT2D eigenvalue weighted by atomic mass is 10.1. The molecular weight excluding hydrogens is 783 g/mol. The van der Waals surface area contributed by atoms with Crippen LogP contribution in [0.3, 0.4) is 0 Å². The van der Waals surface area contributed by atoms with Gasteiger partial charge in [-0.25, -0.2) is 18.1 Å². The first-order valence-corrected chi connectivity index (χ1v) is 15.6. The topological polar surface area (TPSA) is 148 Å². The van der Waals surface area contributed by atoms with Crippen LogP contribution < -0.4 is 20.3 Å². The second kappa shape index (κ2) is 17.5. The first-order valence-electron chi connectivity index (χ1n) is 15.6. The predicted molar refractivity (Wildman–Crippen MR) is 184 cm³/mol. The van der Waals surface area contributed by atoms with Crippen molar-refractivity contribution in [2.45, 2.75) is 12.4 Å². The number of nitrogens with zero attached hydrogens (tertiary/aromatic N) is 2. The third kappa shape index (κ3) is 10.3. The molecule has 0 aliphatic heterocycles. The average Bonchev–Trinajstić information content (AvgIpc) is 3.15. The molecule has 0 fully saturated rings. The van der Waals surface area contributed by atoms with Crippen LogP contribution in [0.15, 0.2) is 109 Å². The fourth-order valence-electron chi connectivity index (χ4n) is 4.79. The molecule has 0 bridgehead atoms. The van der Waals surface area contributed by atoms with Gasteiger partial charge in [-0.05, 0) is 54.6 Å². The molecule has 0 aliphatic carbocycles. The van der Waals surface area contributed by atoms with Crippen LogP contribution in [-0.2, 0) is 11.0 Å². The number of amides is 4. The molecule has 4 amide bonds. The number of carbonyl (C=O) groups is 4. The molecule has 0 saturated carbocycles. The second-order valence-corrected chi connectivity index (χ2v) is 11.2. The number of benzene rings is 5. The molecule has 0 aromatic heterocycles. The molecule has 5 rings (SSSR count). The molecule has 5 aromatic rings. The van der Waals surface area contributed by atoms with Crippen molar-refractivity contribution in [1.82, 2.24) is 0 Å². The predicted octanol–water partition coefficient (Wildman–Crippen LogP) is 8.97. The SMILES string of the molecule is COc1cc(NC(=O)c2ccccc2F)ccc1NC(=O)C(F)(F)F.O=C(c1ccccc1F)N(C(=O)c1ccccc1F)c1ccc([N+](=O)[O-])cc1C(F)(F)F. The van der Waals surface area contributed by atoms with Gasteiger partial charge >= 0.3 is 18.3 Å². The lowest BCUT2D eigenvalue weighted by Gasteiger charge is -2.25. The third-order valence-electron chi connectivity index (χ3n) is 7.44. The Kier molecular flexibility index (Phi) is 13.0. The molecule has 0 unspecified atom stereocenters. The van der Waals surface area contributed by atoms with Gasteiger partial charge in [0, 0.05) is 23.9 Å². The van der Waals surface area contributed by atoms with E-state index in [4.69, 9.17) is 4.74 Å². The Hall–Kier alpha value is -7.25. The lowest BCUT2D eigenvalue weighted by molar-refractivity contribution is -0.385. The Labute approximate surface area is 314 Å². The molecule has 20 heteroatoms. The number of rotatable bonds is 8. The summed E-state index contributed by atoms with van der Waals surface area (Å²) in [7, 11) is 1.18. The first kappa shape index (κ1) is 42.5. The van der Waals surface area contributed by atoms with E-state index < -0.39 is 86.4 Å². The first-order chi connectivity index (χ1) is 26.7. The van der Waals surface area contributed by atoms with Crippen LogP contribution >= 0.6 is 0 Å². The van der Waals surface area contributed by atoms with E-state index in [1.165, 1.54) is 61.7 Å². The number of non-ortho nitro benzene ring substituents is 1. The molecule has 0 aliphatic rings. The van der Waals surface area contributed by atoms with Crippen molar-refractivity contribution in [1.29, 1.82) is 0 Å². The van der Waals surface area contributed by atoms with Gasteiger partial charge in [0.25, 0.3) is 23.4 Å². The number of anilines is 3. The zero-order valence-corrected chi connectivity index (χ0v) is 28.5. The molecule has 0 spiro atoms. The number of carbonyl (C=O) groups excluding carboxylic acids is 4. The van der Waals surface area contributed by atoms with Gasteiger partial charge in [-0.15, -0.1) is 0 Å². The smallest absolute Gasteiger partial charge is 0.471 e. The summed E-state index contributed by atoms with van der Waals surface area (Å²) in [5, 5.41) is 15.0. The molecular formula is C37H23F9N4O7. The van der Waals surface area contributed by atoms with Crippen LogP contribution in [-0.4, -0.2) is 41.8 Å². The van der Waals surface area contributed by atoms with Crippen molar-refractivity contribution < 1.29 is 68.4 Å². The monoisotopic (exact) mass is 806 g/mol. The van der Waals surface area contributed by atoms with Gasteiger partial charge in [0.1, 0.15) is 23.2 Å². The highest BCUT2D eigenvalue weighted by Gasteiger charge is 2.41. The van der Waals surface area contributed by atoms with Crippen LogP contribution in [0.5, 0.6) is 5.75 Å². The number of nitro groups is 1. The summed E-state index contributed by atoms with van der Waals surface area (Å²) < 4.78 is 125. The zero-order valence-electron chi connectivity index (χ0n) is 28.5. The highest BCUT2D eigenvalue weighted by atomic mass is 19.4. The highest BCUT2D eigenvalue weighted by molar-refractivity contribution is 6.26. The second-order valence-electron chi connectivity index (χ2n) is 11.2. The Morgan fingerprint density at radius 3 is 1.60 bits per heavy atom. The third-order valence-corrected chi connectivity index (χ3v) is 7.44. The maximum Gasteiger partial charge on any atom is 0.471 e. The molecule has 296 valence electrons. The van der Waals surface area contributed by atoms with Gasteiger partial charge in [-0.1, -0.05) is 36.4 Å². The van der Waals surface area contributed by atoms with Crippen molar-refractivity contribution >= 4 is 46.4 Å². The molecule has 11 nitrogen and oxygen atoms in total. The van der Waals surface area contributed by atoms with Gasteiger partial charge in [0.2, 0.25) is 0 Å². The van der Waals surface area contributed by atoms with Gasteiger partial charge in [0.05, 0.1) is 45.7 Å². The molecule has 2 N–H and O–H groups in total. The number of ether oxygens (including phenoxy) is 1. The summed E-state index contributed by atoms with van der Waals surface area (Å²) >= 11 is 0. The quantitative estimate of drug-likeness (QED) is 0.0689. The van der Waals surface area contributed by atoms with Crippen molar-refractivity contribution in [3.05, 3.63) is 159 Å². The normalized spacial score (nSPS) is 11.1.